The maximum atomic E-state index is 13.5. The van der Waals surface area contributed by atoms with Gasteiger partial charge < -0.3 is 9.32 Å². The van der Waals surface area contributed by atoms with Gasteiger partial charge in [0, 0.05) is 30.9 Å². The van der Waals surface area contributed by atoms with Gasteiger partial charge in [-0.05, 0) is 30.7 Å². The van der Waals surface area contributed by atoms with Gasteiger partial charge in [-0.15, -0.1) is 0 Å². The van der Waals surface area contributed by atoms with Gasteiger partial charge in [0.15, 0.2) is 11.6 Å². The highest BCUT2D eigenvalue weighted by Gasteiger charge is 2.22. The zero-order chi connectivity index (χ0) is 18.5. The van der Waals surface area contributed by atoms with E-state index in [1.54, 1.807) is 12.3 Å². The molecule has 3 heterocycles. The van der Waals surface area contributed by atoms with Gasteiger partial charge in [0.05, 0.1) is 6.54 Å². The third-order valence-corrected chi connectivity index (χ3v) is 4.10. The summed E-state index contributed by atoms with van der Waals surface area (Å²) in [6, 6.07) is 9.52. The van der Waals surface area contributed by atoms with Crippen LogP contribution in [0.15, 0.2) is 47.0 Å². The standard InChI is InChI=1S/C18H15F2N3O.C2H6/c19-13-7-6-12(10-14(13)20)23-9-3-5-17-16(11-23)22-18(24-17)15-4-1-2-8-21-15;1-2/h1-2,4,6-8,10H,3,5,9,11H2;1-2H3. The average molecular weight is 357 g/mol. The zero-order valence-corrected chi connectivity index (χ0v) is 14.9. The van der Waals surface area contributed by atoms with E-state index in [-0.39, 0.29) is 0 Å². The second-order valence-electron chi connectivity index (χ2n) is 5.73. The molecule has 0 unspecified atom stereocenters. The summed E-state index contributed by atoms with van der Waals surface area (Å²) in [7, 11) is 0. The third kappa shape index (κ3) is 3.74. The molecule has 1 aromatic carbocycles. The summed E-state index contributed by atoms with van der Waals surface area (Å²) < 4.78 is 32.5. The lowest BCUT2D eigenvalue weighted by atomic mass is 10.2. The number of halogens is 2. The molecule has 0 amide bonds. The lowest BCUT2D eigenvalue weighted by molar-refractivity contribution is 0.507. The molecule has 0 radical (unpaired) electrons. The fraction of sp³-hybridized carbons (Fsp3) is 0.300. The minimum absolute atomic E-state index is 0.493. The topological polar surface area (TPSA) is 42.2 Å². The molecule has 0 saturated heterocycles. The molecule has 0 saturated carbocycles. The van der Waals surface area contributed by atoms with Crippen molar-refractivity contribution in [3.8, 4) is 11.6 Å². The predicted molar refractivity (Wildman–Crippen MR) is 96.8 cm³/mol. The highest BCUT2D eigenvalue weighted by Crippen LogP contribution is 2.28. The van der Waals surface area contributed by atoms with E-state index in [1.165, 1.54) is 6.07 Å². The van der Waals surface area contributed by atoms with E-state index in [0.29, 0.717) is 23.8 Å². The Morgan fingerprint density at radius 3 is 2.65 bits per heavy atom. The molecule has 0 spiro atoms. The number of rotatable bonds is 2. The number of hydrogen-bond donors (Lipinski definition) is 0. The summed E-state index contributed by atoms with van der Waals surface area (Å²) in [5, 5.41) is 0. The Kier molecular flexibility index (Phi) is 5.61. The Bertz CT molecular complexity index is 865. The third-order valence-electron chi connectivity index (χ3n) is 4.10. The Morgan fingerprint density at radius 1 is 1.08 bits per heavy atom. The summed E-state index contributed by atoms with van der Waals surface area (Å²) in [5.41, 5.74) is 2.15. The van der Waals surface area contributed by atoms with Gasteiger partial charge in [0.1, 0.15) is 17.1 Å². The van der Waals surface area contributed by atoms with E-state index in [4.69, 9.17) is 4.42 Å². The number of aryl methyl sites for hydroxylation is 1. The van der Waals surface area contributed by atoms with E-state index in [1.807, 2.05) is 36.9 Å². The number of pyridine rings is 1. The van der Waals surface area contributed by atoms with Crippen molar-refractivity contribution in [2.24, 2.45) is 0 Å². The van der Waals surface area contributed by atoms with Gasteiger partial charge in [-0.1, -0.05) is 19.9 Å². The molecule has 136 valence electrons. The summed E-state index contributed by atoms with van der Waals surface area (Å²) in [5.74, 6) is -0.354. The number of nitrogens with zero attached hydrogens (tertiary/aromatic N) is 3. The zero-order valence-electron chi connectivity index (χ0n) is 14.9. The van der Waals surface area contributed by atoms with Crippen LogP contribution in [0.5, 0.6) is 0 Å². The molecule has 0 bridgehead atoms. The maximum absolute atomic E-state index is 13.5. The molecule has 0 fully saturated rings. The van der Waals surface area contributed by atoms with Crippen molar-refractivity contribution in [2.75, 3.05) is 11.4 Å². The van der Waals surface area contributed by atoms with Gasteiger partial charge in [-0.25, -0.2) is 13.8 Å². The first-order valence-electron chi connectivity index (χ1n) is 8.81. The summed E-state index contributed by atoms with van der Waals surface area (Å²) >= 11 is 0. The lowest BCUT2D eigenvalue weighted by Gasteiger charge is -2.22. The Morgan fingerprint density at radius 2 is 1.92 bits per heavy atom. The maximum Gasteiger partial charge on any atom is 0.245 e. The second-order valence-corrected chi connectivity index (χ2v) is 5.73. The van der Waals surface area contributed by atoms with Crippen molar-refractivity contribution in [1.82, 2.24) is 9.97 Å². The number of hydrogen-bond acceptors (Lipinski definition) is 4. The molecule has 2 aromatic heterocycles. The first-order valence-corrected chi connectivity index (χ1v) is 8.81. The van der Waals surface area contributed by atoms with Crippen molar-refractivity contribution >= 4 is 5.69 Å². The Labute approximate surface area is 151 Å². The van der Waals surface area contributed by atoms with Crippen LogP contribution in [0, 0.1) is 11.6 Å². The number of fused-ring (bicyclic) bond motifs is 1. The van der Waals surface area contributed by atoms with Gasteiger partial charge >= 0.3 is 0 Å². The van der Waals surface area contributed by atoms with Crippen molar-refractivity contribution in [3.63, 3.8) is 0 Å². The smallest absolute Gasteiger partial charge is 0.245 e. The fourth-order valence-electron chi connectivity index (χ4n) is 2.89. The highest BCUT2D eigenvalue weighted by atomic mass is 19.2. The SMILES string of the molecule is CC.Fc1ccc(N2CCCc3oc(-c4ccccn4)nc3C2)cc1F. The quantitative estimate of drug-likeness (QED) is 0.648. The fourth-order valence-corrected chi connectivity index (χ4v) is 2.89. The summed E-state index contributed by atoms with van der Waals surface area (Å²) in [4.78, 5) is 10.8. The molecule has 4 rings (SSSR count). The van der Waals surface area contributed by atoms with Crippen LogP contribution in [-0.4, -0.2) is 16.5 Å². The molecule has 1 aliphatic heterocycles. The Balaban J connectivity index is 0.000000948. The van der Waals surface area contributed by atoms with Crippen molar-refractivity contribution in [1.29, 1.82) is 0 Å². The largest absolute Gasteiger partial charge is 0.440 e. The molecule has 6 heteroatoms. The highest BCUT2D eigenvalue weighted by molar-refractivity contribution is 5.50. The van der Waals surface area contributed by atoms with Crippen LogP contribution in [-0.2, 0) is 13.0 Å². The van der Waals surface area contributed by atoms with Gasteiger partial charge in [0.2, 0.25) is 5.89 Å². The van der Waals surface area contributed by atoms with Crippen LogP contribution in [0.3, 0.4) is 0 Å². The monoisotopic (exact) mass is 357 g/mol. The second kappa shape index (κ2) is 8.08. The van der Waals surface area contributed by atoms with Crippen molar-refractivity contribution in [3.05, 3.63) is 65.7 Å². The van der Waals surface area contributed by atoms with Crippen LogP contribution in [0.25, 0.3) is 11.6 Å². The van der Waals surface area contributed by atoms with Crippen molar-refractivity contribution < 1.29 is 13.2 Å². The van der Waals surface area contributed by atoms with E-state index < -0.39 is 11.6 Å². The van der Waals surface area contributed by atoms with Crippen LogP contribution in [0.1, 0.15) is 31.7 Å². The van der Waals surface area contributed by atoms with Crippen LogP contribution in [0.2, 0.25) is 0 Å². The molecule has 0 N–H and O–H groups in total. The minimum atomic E-state index is -0.841. The summed E-state index contributed by atoms with van der Waals surface area (Å²) in [6.45, 7) is 5.23. The number of oxazole rings is 1. The van der Waals surface area contributed by atoms with Crippen LogP contribution in [0.4, 0.5) is 14.5 Å². The predicted octanol–water partition coefficient (Wildman–Crippen LogP) is 4.99. The van der Waals surface area contributed by atoms with E-state index in [9.17, 15) is 8.78 Å². The number of aromatic nitrogens is 2. The molecule has 4 nitrogen and oxygen atoms in total. The molecule has 3 aromatic rings. The van der Waals surface area contributed by atoms with E-state index in [0.717, 1.165) is 36.9 Å². The van der Waals surface area contributed by atoms with Crippen molar-refractivity contribution in [2.45, 2.75) is 33.2 Å². The first-order chi connectivity index (χ1) is 12.7. The number of benzene rings is 1. The van der Waals surface area contributed by atoms with Crippen LogP contribution >= 0.6 is 0 Å². The first kappa shape index (κ1) is 18.0. The molecule has 26 heavy (non-hydrogen) atoms. The van der Waals surface area contributed by atoms with E-state index >= 15 is 0 Å². The van der Waals surface area contributed by atoms with Gasteiger partial charge in [-0.2, -0.15) is 0 Å². The lowest BCUT2D eigenvalue weighted by Crippen LogP contribution is -2.23. The van der Waals surface area contributed by atoms with E-state index in [2.05, 4.69) is 9.97 Å². The molecule has 0 aliphatic carbocycles. The van der Waals surface area contributed by atoms with Crippen LogP contribution < -0.4 is 4.90 Å². The number of anilines is 1. The Hall–Kier alpha value is -2.76. The molecule has 0 atom stereocenters. The molecule has 1 aliphatic rings. The minimum Gasteiger partial charge on any atom is -0.440 e. The molecular formula is C20H21F2N3O. The molecular weight excluding hydrogens is 336 g/mol. The van der Waals surface area contributed by atoms with Gasteiger partial charge in [-0.3, -0.25) is 4.98 Å². The van der Waals surface area contributed by atoms with Gasteiger partial charge in [0.25, 0.3) is 0 Å². The summed E-state index contributed by atoms with van der Waals surface area (Å²) in [6.07, 6.45) is 3.30. The normalized spacial score (nSPS) is 13.5. The average Bonchev–Trinajstić information content (AvgIpc) is 2.98.